The third-order valence-corrected chi connectivity index (χ3v) is 4.20. The van der Waals surface area contributed by atoms with Gasteiger partial charge in [-0.1, -0.05) is 0 Å². The van der Waals surface area contributed by atoms with Crippen LogP contribution in [0.25, 0.3) is 0 Å². The molecule has 70 valence electrons. The van der Waals surface area contributed by atoms with Crippen LogP contribution in [-0.4, -0.2) is 30.5 Å². The zero-order chi connectivity index (χ0) is 9.19. The fraction of sp³-hybridized carbons (Fsp3) is 0.857. The lowest BCUT2D eigenvalue weighted by Gasteiger charge is -1.99. The molecule has 4 nitrogen and oxygen atoms in total. The second-order valence-electron chi connectivity index (χ2n) is 3.06. The van der Waals surface area contributed by atoms with Crippen LogP contribution < -0.4 is 0 Å². The van der Waals surface area contributed by atoms with E-state index in [9.17, 15) is 13.2 Å². The number of rotatable bonds is 5. The molecule has 1 aliphatic rings. The summed E-state index contributed by atoms with van der Waals surface area (Å²) < 4.78 is 22.4. The maximum absolute atomic E-state index is 11.2. The van der Waals surface area contributed by atoms with Crippen LogP contribution >= 0.6 is 0 Å². The first-order valence-corrected chi connectivity index (χ1v) is 5.67. The second-order valence-corrected chi connectivity index (χ2v) is 5.46. The maximum Gasteiger partial charge on any atom is 0.303 e. The predicted molar refractivity (Wildman–Crippen MR) is 43.7 cm³/mol. The first-order chi connectivity index (χ1) is 5.52. The van der Waals surface area contributed by atoms with Crippen LogP contribution in [0.4, 0.5) is 0 Å². The van der Waals surface area contributed by atoms with Gasteiger partial charge in [-0.2, -0.15) is 0 Å². The van der Waals surface area contributed by atoms with E-state index in [1.807, 2.05) is 0 Å². The molecule has 0 heterocycles. The summed E-state index contributed by atoms with van der Waals surface area (Å²) in [5, 5.41) is 8.11. The average molecular weight is 192 g/mol. The van der Waals surface area contributed by atoms with Gasteiger partial charge >= 0.3 is 5.97 Å². The monoisotopic (exact) mass is 192 g/mol. The molecule has 0 bridgehead atoms. The summed E-state index contributed by atoms with van der Waals surface area (Å²) in [6.45, 7) is 0. The Labute approximate surface area is 71.5 Å². The van der Waals surface area contributed by atoms with Crippen molar-refractivity contribution in [3.8, 4) is 0 Å². The van der Waals surface area contributed by atoms with Crippen molar-refractivity contribution in [2.45, 2.75) is 30.9 Å². The highest BCUT2D eigenvalue weighted by atomic mass is 32.2. The smallest absolute Gasteiger partial charge is 0.303 e. The summed E-state index contributed by atoms with van der Waals surface area (Å²) in [5.41, 5.74) is 0. The van der Waals surface area contributed by atoms with Crippen LogP contribution in [0.2, 0.25) is 0 Å². The number of carboxylic acids is 1. The van der Waals surface area contributed by atoms with E-state index < -0.39 is 15.8 Å². The molecule has 0 aromatic carbocycles. The summed E-state index contributed by atoms with van der Waals surface area (Å²) >= 11 is 0. The summed E-state index contributed by atoms with van der Waals surface area (Å²) in [5.74, 6) is -0.898. The molecule has 0 aromatic heterocycles. The largest absolute Gasteiger partial charge is 0.481 e. The molecular weight excluding hydrogens is 180 g/mol. The Morgan fingerprint density at radius 1 is 1.42 bits per heavy atom. The zero-order valence-electron chi connectivity index (χ0n) is 6.69. The van der Waals surface area contributed by atoms with Gasteiger partial charge in [0, 0.05) is 6.42 Å². The highest BCUT2D eigenvalue weighted by Crippen LogP contribution is 2.29. The lowest BCUT2D eigenvalue weighted by Crippen LogP contribution is -2.12. The molecule has 1 fully saturated rings. The van der Waals surface area contributed by atoms with Crippen LogP contribution in [0.15, 0.2) is 0 Å². The summed E-state index contributed by atoms with van der Waals surface area (Å²) in [6, 6.07) is 0. The van der Waals surface area contributed by atoms with Crippen LogP contribution in [0, 0.1) is 0 Å². The van der Waals surface area contributed by atoms with Gasteiger partial charge in [-0.25, -0.2) is 8.42 Å². The van der Waals surface area contributed by atoms with Crippen molar-refractivity contribution < 1.29 is 18.3 Å². The second kappa shape index (κ2) is 3.43. The molecule has 1 saturated carbocycles. The van der Waals surface area contributed by atoms with Crippen LogP contribution in [0.5, 0.6) is 0 Å². The number of carboxylic acid groups (broad SMARTS) is 1. The molecule has 1 aliphatic carbocycles. The third kappa shape index (κ3) is 2.81. The molecule has 0 saturated heterocycles. The van der Waals surface area contributed by atoms with E-state index in [1.165, 1.54) is 0 Å². The van der Waals surface area contributed by atoms with E-state index >= 15 is 0 Å². The maximum atomic E-state index is 11.2. The molecular formula is C7H12O4S. The number of carbonyl (C=O) groups is 1. The molecule has 0 aromatic rings. The van der Waals surface area contributed by atoms with Gasteiger partial charge < -0.3 is 5.11 Å². The molecule has 1 rings (SSSR count). The SMILES string of the molecule is O=C(O)CCCS(=O)(=O)C1CC1. The fourth-order valence-electron chi connectivity index (χ4n) is 1.02. The van der Waals surface area contributed by atoms with Crippen LogP contribution in [-0.2, 0) is 14.6 Å². The Morgan fingerprint density at radius 3 is 2.42 bits per heavy atom. The fourth-order valence-corrected chi connectivity index (χ4v) is 2.75. The van der Waals surface area contributed by atoms with Gasteiger partial charge in [0.05, 0.1) is 11.0 Å². The quantitative estimate of drug-likeness (QED) is 0.685. The van der Waals surface area contributed by atoms with Gasteiger partial charge in [0.25, 0.3) is 0 Å². The van der Waals surface area contributed by atoms with Crippen LogP contribution in [0.3, 0.4) is 0 Å². The topological polar surface area (TPSA) is 71.4 Å². The van der Waals surface area contributed by atoms with Crippen LogP contribution in [0.1, 0.15) is 25.7 Å². The highest BCUT2D eigenvalue weighted by Gasteiger charge is 2.34. The number of aliphatic carboxylic acids is 1. The molecule has 0 aliphatic heterocycles. The Bertz CT molecular complexity index is 263. The summed E-state index contributed by atoms with van der Waals surface area (Å²) in [4.78, 5) is 10.1. The molecule has 12 heavy (non-hydrogen) atoms. The zero-order valence-corrected chi connectivity index (χ0v) is 7.51. The van der Waals surface area contributed by atoms with Crippen molar-refractivity contribution in [1.82, 2.24) is 0 Å². The third-order valence-electron chi connectivity index (χ3n) is 1.85. The molecule has 0 radical (unpaired) electrons. The van der Waals surface area contributed by atoms with Gasteiger partial charge in [0.15, 0.2) is 9.84 Å². The molecule has 5 heteroatoms. The molecule has 1 N–H and O–H groups in total. The van der Waals surface area contributed by atoms with E-state index in [0.717, 1.165) is 12.8 Å². The van der Waals surface area contributed by atoms with Gasteiger partial charge in [-0.3, -0.25) is 4.79 Å². The standard InChI is InChI=1S/C7H12O4S/c8-7(9)2-1-5-12(10,11)6-3-4-6/h6H,1-5H2,(H,8,9). The van der Waals surface area contributed by atoms with Gasteiger partial charge in [-0.15, -0.1) is 0 Å². The van der Waals surface area contributed by atoms with Crippen molar-refractivity contribution in [2.24, 2.45) is 0 Å². The highest BCUT2D eigenvalue weighted by molar-refractivity contribution is 7.92. The summed E-state index contributed by atoms with van der Waals surface area (Å²) in [6.07, 6.45) is 1.71. The Kier molecular flexibility index (Phi) is 2.72. The first-order valence-electron chi connectivity index (χ1n) is 3.96. The van der Waals surface area contributed by atoms with Crippen molar-refractivity contribution in [1.29, 1.82) is 0 Å². The number of hydrogen-bond acceptors (Lipinski definition) is 3. The van der Waals surface area contributed by atoms with E-state index in [2.05, 4.69) is 0 Å². The van der Waals surface area contributed by atoms with E-state index in [1.54, 1.807) is 0 Å². The minimum absolute atomic E-state index is 0.0317. The lowest BCUT2D eigenvalue weighted by molar-refractivity contribution is -0.137. The van der Waals surface area contributed by atoms with Gasteiger partial charge in [-0.05, 0) is 19.3 Å². The molecule has 0 spiro atoms. The van der Waals surface area contributed by atoms with Crippen molar-refractivity contribution >= 4 is 15.8 Å². The first kappa shape index (κ1) is 9.51. The minimum Gasteiger partial charge on any atom is -0.481 e. The van der Waals surface area contributed by atoms with Crippen molar-refractivity contribution in [3.05, 3.63) is 0 Å². The normalized spacial score (nSPS) is 17.7. The van der Waals surface area contributed by atoms with Gasteiger partial charge in [0.2, 0.25) is 0 Å². The molecule has 0 atom stereocenters. The average Bonchev–Trinajstić information content (AvgIpc) is 2.65. The number of hydrogen-bond donors (Lipinski definition) is 1. The van der Waals surface area contributed by atoms with E-state index in [0.29, 0.717) is 0 Å². The Hall–Kier alpha value is -0.580. The van der Waals surface area contributed by atoms with E-state index in [4.69, 9.17) is 5.11 Å². The Balaban J connectivity index is 2.26. The van der Waals surface area contributed by atoms with E-state index in [-0.39, 0.29) is 23.8 Å². The number of sulfone groups is 1. The summed E-state index contributed by atoms with van der Waals surface area (Å²) in [7, 11) is -2.95. The van der Waals surface area contributed by atoms with Gasteiger partial charge in [0.1, 0.15) is 0 Å². The minimum atomic E-state index is -2.95. The molecule has 0 amide bonds. The van der Waals surface area contributed by atoms with Crippen molar-refractivity contribution in [3.63, 3.8) is 0 Å². The Morgan fingerprint density at radius 2 is 2.00 bits per heavy atom. The lowest BCUT2D eigenvalue weighted by atomic mass is 10.3. The molecule has 0 unspecified atom stereocenters. The predicted octanol–water partition coefficient (Wildman–Crippen LogP) is 0.428. The van der Waals surface area contributed by atoms with Crippen molar-refractivity contribution in [2.75, 3.05) is 5.75 Å².